The van der Waals surface area contributed by atoms with Gasteiger partial charge in [0.25, 0.3) is 0 Å². The SMILES string of the molecule is COc1cc(C=NNC(=O)CC(=O)Nc2ccc(F)cc2)cc(Br)c1OC. The Balaban J connectivity index is 1.90. The normalized spacial score (nSPS) is 10.5. The molecular formula is C18H17BrFN3O4. The molecule has 2 aromatic carbocycles. The van der Waals surface area contributed by atoms with E-state index < -0.39 is 24.1 Å². The van der Waals surface area contributed by atoms with Gasteiger partial charge in [-0.15, -0.1) is 0 Å². The number of carbonyl (C=O) groups excluding carboxylic acids is 2. The van der Waals surface area contributed by atoms with E-state index in [0.717, 1.165) is 0 Å². The molecule has 0 aromatic heterocycles. The lowest BCUT2D eigenvalue weighted by atomic mass is 10.2. The summed E-state index contributed by atoms with van der Waals surface area (Å²) >= 11 is 3.36. The summed E-state index contributed by atoms with van der Waals surface area (Å²) in [5.41, 5.74) is 3.31. The average Bonchev–Trinajstić information content (AvgIpc) is 2.63. The van der Waals surface area contributed by atoms with E-state index in [9.17, 15) is 14.0 Å². The number of nitrogens with one attached hydrogen (secondary N) is 2. The minimum absolute atomic E-state index is 0.396. The Bertz CT molecular complexity index is 856. The highest BCUT2D eigenvalue weighted by atomic mass is 79.9. The van der Waals surface area contributed by atoms with Crippen molar-refractivity contribution in [3.8, 4) is 11.5 Å². The van der Waals surface area contributed by atoms with Crippen LogP contribution >= 0.6 is 15.9 Å². The molecule has 0 spiro atoms. The summed E-state index contributed by atoms with van der Waals surface area (Å²) in [7, 11) is 3.03. The minimum atomic E-state index is -0.592. The Labute approximate surface area is 163 Å². The number of hydrogen-bond donors (Lipinski definition) is 2. The first-order chi connectivity index (χ1) is 12.9. The van der Waals surface area contributed by atoms with Gasteiger partial charge in [-0.1, -0.05) is 0 Å². The molecule has 2 rings (SSSR count). The third kappa shape index (κ3) is 6.07. The van der Waals surface area contributed by atoms with Crippen molar-refractivity contribution in [3.05, 3.63) is 52.3 Å². The molecule has 0 saturated heterocycles. The van der Waals surface area contributed by atoms with E-state index in [1.807, 2.05) is 0 Å². The van der Waals surface area contributed by atoms with Crippen LogP contribution in [0.15, 0.2) is 46.0 Å². The lowest BCUT2D eigenvalue weighted by Crippen LogP contribution is -2.24. The lowest BCUT2D eigenvalue weighted by molar-refractivity contribution is -0.126. The highest BCUT2D eigenvalue weighted by Crippen LogP contribution is 2.35. The number of amides is 2. The first-order valence-electron chi connectivity index (χ1n) is 7.71. The van der Waals surface area contributed by atoms with Gasteiger partial charge in [-0.2, -0.15) is 5.10 Å². The van der Waals surface area contributed by atoms with Crippen molar-refractivity contribution in [2.24, 2.45) is 5.10 Å². The molecule has 0 heterocycles. The predicted octanol–water partition coefficient (Wildman–Crippen LogP) is 3.08. The molecule has 2 aromatic rings. The van der Waals surface area contributed by atoms with E-state index in [4.69, 9.17) is 9.47 Å². The zero-order valence-corrected chi connectivity index (χ0v) is 16.2. The van der Waals surface area contributed by atoms with Gasteiger partial charge in [0.15, 0.2) is 11.5 Å². The van der Waals surface area contributed by atoms with E-state index in [-0.39, 0.29) is 0 Å². The van der Waals surface area contributed by atoms with E-state index >= 15 is 0 Å². The largest absolute Gasteiger partial charge is 0.493 e. The second-order valence-electron chi connectivity index (χ2n) is 5.26. The van der Waals surface area contributed by atoms with Crippen molar-refractivity contribution in [2.45, 2.75) is 6.42 Å². The van der Waals surface area contributed by atoms with E-state index in [0.29, 0.717) is 27.2 Å². The molecule has 0 atom stereocenters. The number of hydrogen-bond acceptors (Lipinski definition) is 5. The van der Waals surface area contributed by atoms with Crippen LogP contribution in [0.25, 0.3) is 0 Å². The lowest BCUT2D eigenvalue weighted by Gasteiger charge is -2.10. The summed E-state index contributed by atoms with van der Waals surface area (Å²) in [5, 5.41) is 6.30. The van der Waals surface area contributed by atoms with Crippen molar-refractivity contribution >= 4 is 39.6 Å². The fourth-order valence-corrected chi connectivity index (χ4v) is 2.74. The summed E-state index contributed by atoms with van der Waals surface area (Å²) in [6.45, 7) is 0. The van der Waals surface area contributed by atoms with Crippen LogP contribution in [0.3, 0.4) is 0 Å². The van der Waals surface area contributed by atoms with Crippen molar-refractivity contribution < 1.29 is 23.5 Å². The zero-order chi connectivity index (χ0) is 19.8. The third-order valence-corrected chi connectivity index (χ3v) is 3.90. The molecule has 2 N–H and O–H groups in total. The number of methoxy groups -OCH3 is 2. The smallest absolute Gasteiger partial charge is 0.249 e. The van der Waals surface area contributed by atoms with E-state index in [1.165, 1.54) is 44.7 Å². The number of benzene rings is 2. The monoisotopic (exact) mass is 437 g/mol. The van der Waals surface area contributed by atoms with Gasteiger partial charge in [-0.3, -0.25) is 9.59 Å². The zero-order valence-electron chi connectivity index (χ0n) is 14.6. The van der Waals surface area contributed by atoms with Gasteiger partial charge in [-0.05, 0) is 57.9 Å². The highest BCUT2D eigenvalue weighted by molar-refractivity contribution is 9.10. The fourth-order valence-electron chi connectivity index (χ4n) is 2.11. The maximum Gasteiger partial charge on any atom is 0.249 e. The number of anilines is 1. The Morgan fingerprint density at radius 3 is 2.48 bits per heavy atom. The van der Waals surface area contributed by atoms with Gasteiger partial charge < -0.3 is 14.8 Å². The molecule has 0 aliphatic heterocycles. The second-order valence-corrected chi connectivity index (χ2v) is 6.12. The van der Waals surface area contributed by atoms with Crippen LogP contribution in [0.4, 0.5) is 10.1 Å². The molecule has 0 fully saturated rings. The van der Waals surface area contributed by atoms with Gasteiger partial charge in [0, 0.05) is 5.69 Å². The van der Waals surface area contributed by atoms with Crippen LogP contribution in [0, 0.1) is 5.82 Å². The molecule has 0 bridgehead atoms. The summed E-state index contributed by atoms with van der Waals surface area (Å²) in [4.78, 5) is 23.6. The predicted molar refractivity (Wildman–Crippen MR) is 103 cm³/mol. The molecule has 0 aliphatic carbocycles. The third-order valence-electron chi connectivity index (χ3n) is 3.31. The highest BCUT2D eigenvalue weighted by Gasteiger charge is 2.11. The van der Waals surface area contributed by atoms with Gasteiger partial charge in [0.05, 0.1) is 24.9 Å². The quantitative estimate of drug-likeness (QED) is 0.395. The first-order valence-corrected chi connectivity index (χ1v) is 8.51. The topological polar surface area (TPSA) is 89.0 Å². The van der Waals surface area contributed by atoms with Gasteiger partial charge in [0.1, 0.15) is 12.2 Å². The molecule has 0 radical (unpaired) electrons. The molecule has 7 nitrogen and oxygen atoms in total. The fraction of sp³-hybridized carbons (Fsp3) is 0.167. The molecule has 0 saturated carbocycles. The van der Waals surface area contributed by atoms with Gasteiger partial charge in [0.2, 0.25) is 11.8 Å². The summed E-state index contributed by atoms with van der Waals surface area (Å²) < 4.78 is 23.9. The molecule has 2 amide bonds. The Morgan fingerprint density at radius 1 is 1.15 bits per heavy atom. The summed E-state index contributed by atoms with van der Waals surface area (Å²) in [5.74, 6) is -0.509. The first kappa shape index (κ1) is 20.4. The number of ether oxygens (including phenoxy) is 2. The van der Waals surface area contributed by atoms with Crippen molar-refractivity contribution in [3.63, 3.8) is 0 Å². The molecule has 27 heavy (non-hydrogen) atoms. The Morgan fingerprint density at radius 2 is 1.85 bits per heavy atom. The Kier molecular flexibility index (Phi) is 7.30. The van der Waals surface area contributed by atoms with Crippen molar-refractivity contribution in [1.29, 1.82) is 0 Å². The number of carbonyl (C=O) groups is 2. The molecule has 9 heteroatoms. The summed E-state index contributed by atoms with van der Waals surface area (Å²) in [6, 6.07) is 8.64. The van der Waals surface area contributed by atoms with Crippen molar-refractivity contribution in [1.82, 2.24) is 5.43 Å². The number of rotatable bonds is 7. The second kappa shape index (κ2) is 9.67. The van der Waals surface area contributed by atoms with E-state index in [1.54, 1.807) is 12.1 Å². The van der Waals surface area contributed by atoms with Crippen molar-refractivity contribution in [2.75, 3.05) is 19.5 Å². The van der Waals surface area contributed by atoms with Crippen LogP contribution in [0.5, 0.6) is 11.5 Å². The van der Waals surface area contributed by atoms with Gasteiger partial charge >= 0.3 is 0 Å². The standard InChI is InChI=1S/C18H17BrFN3O4/c1-26-15-8-11(7-14(19)18(15)27-2)10-21-23-17(25)9-16(24)22-13-5-3-12(20)4-6-13/h3-8,10H,9H2,1-2H3,(H,22,24)(H,23,25). The maximum absolute atomic E-state index is 12.8. The van der Waals surface area contributed by atoms with Crippen LogP contribution in [-0.2, 0) is 9.59 Å². The molecule has 0 unspecified atom stereocenters. The Hall–Kier alpha value is -2.94. The number of hydrazone groups is 1. The number of nitrogens with zero attached hydrogens (tertiary/aromatic N) is 1. The van der Waals surface area contributed by atoms with Gasteiger partial charge in [-0.25, -0.2) is 9.82 Å². The molecule has 0 aliphatic rings. The maximum atomic E-state index is 12.8. The molecule has 142 valence electrons. The summed E-state index contributed by atoms with van der Waals surface area (Å²) in [6.07, 6.45) is 0.979. The van der Waals surface area contributed by atoms with Crippen LogP contribution in [-0.4, -0.2) is 32.2 Å². The van der Waals surface area contributed by atoms with Crippen LogP contribution < -0.4 is 20.2 Å². The molecular weight excluding hydrogens is 421 g/mol. The number of halogens is 2. The van der Waals surface area contributed by atoms with Crippen LogP contribution in [0.1, 0.15) is 12.0 Å². The van der Waals surface area contributed by atoms with E-state index in [2.05, 4.69) is 31.8 Å². The van der Waals surface area contributed by atoms with Crippen LogP contribution in [0.2, 0.25) is 0 Å². The average molecular weight is 438 g/mol. The minimum Gasteiger partial charge on any atom is -0.493 e.